The van der Waals surface area contributed by atoms with Gasteiger partial charge in [0.1, 0.15) is 11.8 Å². The predicted molar refractivity (Wildman–Crippen MR) is 88.5 cm³/mol. The summed E-state index contributed by atoms with van der Waals surface area (Å²) in [5, 5.41) is 2.94. The van der Waals surface area contributed by atoms with Crippen molar-refractivity contribution >= 4 is 11.8 Å². The number of rotatable bonds is 6. The lowest BCUT2D eigenvalue weighted by Crippen LogP contribution is -2.46. The zero-order valence-electron chi connectivity index (χ0n) is 14.0. The highest BCUT2D eigenvalue weighted by molar-refractivity contribution is 5.90. The zero-order chi connectivity index (χ0) is 16.9. The van der Waals surface area contributed by atoms with E-state index in [-0.39, 0.29) is 17.9 Å². The van der Waals surface area contributed by atoms with E-state index in [0.29, 0.717) is 25.9 Å². The van der Waals surface area contributed by atoms with Gasteiger partial charge in [-0.15, -0.1) is 0 Å². The molecule has 2 heterocycles. The smallest absolute Gasteiger partial charge is 0.242 e. The molecule has 2 aliphatic rings. The summed E-state index contributed by atoms with van der Waals surface area (Å²) in [5.74, 6) is 0.653. The number of nitrogens with zero attached hydrogens (tertiary/aromatic N) is 1. The number of benzene rings is 1. The van der Waals surface area contributed by atoms with Crippen molar-refractivity contribution in [3.63, 3.8) is 0 Å². The molecule has 2 atom stereocenters. The Kier molecular flexibility index (Phi) is 5.35. The number of nitrogens with one attached hydrogen (secondary N) is 1. The molecule has 2 aliphatic heterocycles. The largest absolute Gasteiger partial charge is 0.496 e. The van der Waals surface area contributed by atoms with E-state index >= 15 is 0 Å². The van der Waals surface area contributed by atoms with Crippen LogP contribution in [0.2, 0.25) is 0 Å². The van der Waals surface area contributed by atoms with Gasteiger partial charge in [0.2, 0.25) is 11.8 Å². The molecule has 1 N–H and O–H groups in total. The summed E-state index contributed by atoms with van der Waals surface area (Å²) >= 11 is 0. The maximum Gasteiger partial charge on any atom is 0.242 e. The number of likely N-dealkylation sites (tertiary alicyclic amines) is 1. The van der Waals surface area contributed by atoms with Crippen molar-refractivity contribution in [3.05, 3.63) is 29.8 Å². The highest BCUT2D eigenvalue weighted by Gasteiger charge is 2.36. The summed E-state index contributed by atoms with van der Waals surface area (Å²) in [5.41, 5.74) is 0.909. The van der Waals surface area contributed by atoms with Crippen LogP contribution in [-0.2, 0) is 20.9 Å². The first-order chi connectivity index (χ1) is 11.7. The van der Waals surface area contributed by atoms with Crippen LogP contribution in [0.4, 0.5) is 0 Å². The molecule has 130 valence electrons. The summed E-state index contributed by atoms with van der Waals surface area (Å²) in [6.07, 6.45) is 3.10. The standard InChI is InChI=1S/C18H24N2O4/c1-23-16-7-3-2-5-13(16)12-20-15(8-9-17(20)21)18(22)19-11-14-6-4-10-24-14/h2-3,5,7,14-15H,4,6,8-12H2,1H3,(H,19,22). The molecular formula is C18H24N2O4. The molecule has 1 aromatic rings. The lowest BCUT2D eigenvalue weighted by atomic mass is 10.1. The molecule has 0 aromatic heterocycles. The average molecular weight is 332 g/mol. The van der Waals surface area contributed by atoms with Crippen molar-refractivity contribution in [3.8, 4) is 5.75 Å². The van der Waals surface area contributed by atoms with Crippen LogP contribution in [0, 0.1) is 0 Å². The minimum atomic E-state index is -0.413. The van der Waals surface area contributed by atoms with Crippen LogP contribution < -0.4 is 10.1 Å². The summed E-state index contributed by atoms with van der Waals surface area (Å²) in [6.45, 7) is 1.68. The second-order valence-electron chi connectivity index (χ2n) is 6.27. The summed E-state index contributed by atoms with van der Waals surface area (Å²) in [6, 6.07) is 7.17. The Morgan fingerprint density at radius 1 is 1.38 bits per heavy atom. The molecule has 2 amide bonds. The maximum atomic E-state index is 12.5. The van der Waals surface area contributed by atoms with Crippen LogP contribution in [0.3, 0.4) is 0 Å². The van der Waals surface area contributed by atoms with Gasteiger partial charge in [-0.05, 0) is 25.3 Å². The number of amides is 2. The van der Waals surface area contributed by atoms with E-state index in [0.717, 1.165) is 30.8 Å². The van der Waals surface area contributed by atoms with Gasteiger partial charge in [0.15, 0.2) is 0 Å². The van der Waals surface area contributed by atoms with E-state index < -0.39 is 6.04 Å². The highest BCUT2D eigenvalue weighted by atomic mass is 16.5. The molecule has 0 radical (unpaired) electrons. The van der Waals surface area contributed by atoms with Crippen molar-refractivity contribution in [1.29, 1.82) is 0 Å². The molecule has 0 aliphatic carbocycles. The number of carbonyl (C=O) groups excluding carboxylic acids is 2. The predicted octanol–water partition coefficient (Wildman–Crippen LogP) is 1.48. The average Bonchev–Trinajstić information content (AvgIpc) is 3.24. The Balaban J connectivity index is 1.63. The van der Waals surface area contributed by atoms with Crippen molar-refractivity contribution in [1.82, 2.24) is 10.2 Å². The monoisotopic (exact) mass is 332 g/mol. The number of hydrogen-bond acceptors (Lipinski definition) is 4. The lowest BCUT2D eigenvalue weighted by molar-refractivity contribution is -0.136. The van der Waals surface area contributed by atoms with Crippen LogP contribution in [0.5, 0.6) is 5.75 Å². The van der Waals surface area contributed by atoms with Crippen molar-refractivity contribution in [2.45, 2.75) is 44.4 Å². The molecule has 0 spiro atoms. The van der Waals surface area contributed by atoms with Crippen molar-refractivity contribution < 1.29 is 19.1 Å². The van der Waals surface area contributed by atoms with E-state index in [4.69, 9.17) is 9.47 Å². The zero-order valence-corrected chi connectivity index (χ0v) is 14.0. The minimum Gasteiger partial charge on any atom is -0.496 e. The highest BCUT2D eigenvalue weighted by Crippen LogP contribution is 2.26. The Hall–Kier alpha value is -2.08. The molecular weight excluding hydrogens is 308 g/mol. The maximum absolute atomic E-state index is 12.5. The Bertz CT molecular complexity index is 598. The molecule has 0 bridgehead atoms. The van der Waals surface area contributed by atoms with Gasteiger partial charge in [-0.25, -0.2) is 0 Å². The van der Waals surface area contributed by atoms with E-state index in [9.17, 15) is 9.59 Å². The van der Waals surface area contributed by atoms with Gasteiger partial charge >= 0.3 is 0 Å². The number of methoxy groups -OCH3 is 1. The summed E-state index contributed by atoms with van der Waals surface area (Å²) in [4.78, 5) is 26.4. The normalized spacial score (nSPS) is 23.5. The lowest BCUT2D eigenvalue weighted by Gasteiger charge is -2.25. The topological polar surface area (TPSA) is 67.9 Å². The molecule has 2 saturated heterocycles. The van der Waals surface area contributed by atoms with Crippen LogP contribution >= 0.6 is 0 Å². The fourth-order valence-electron chi connectivity index (χ4n) is 3.36. The van der Waals surface area contributed by atoms with E-state index in [1.165, 1.54) is 0 Å². The SMILES string of the molecule is COc1ccccc1CN1C(=O)CCC1C(=O)NCC1CCCO1. The first-order valence-electron chi connectivity index (χ1n) is 8.49. The van der Waals surface area contributed by atoms with E-state index in [1.807, 2.05) is 24.3 Å². The van der Waals surface area contributed by atoms with Crippen LogP contribution in [0.1, 0.15) is 31.2 Å². The molecule has 0 saturated carbocycles. The van der Waals surface area contributed by atoms with E-state index in [2.05, 4.69) is 5.32 Å². The number of hydrogen-bond donors (Lipinski definition) is 1. The molecule has 2 fully saturated rings. The second kappa shape index (κ2) is 7.66. The fourth-order valence-corrected chi connectivity index (χ4v) is 3.36. The number of ether oxygens (including phenoxy) is 2. The molecule has 2 unspecified atom stereocenters. The Morgan fingerprint density at radius 2 is 2.21 bits per heavy atom. The van der Waals surface area contributed by atoms with Gasteiger partial charge in [-0.1, -0.05) is 18.2 Å². The van der Waals surface area contributed by atoms with Gasteiger partial charge in [-0.3, -0.25) is 9.59 Å². The van der Waals surface area contributed by atoms with E-state index in [1.54, 1.807) is 12.0 Å². The van der Waals surface area contributed by atoms with Crippen LogP contribution in [0.25, 0.3) is 0 Å². The van der Waals surface area contributed by atoms with Gasteiger partial charge in [-0.2, -0.15) is 0 Å². The number of carbonyl (C=O) groups is 2. The van der Waals surface area contributed by atoms with Crippen LogP contribution in [-0.4, -0.2) is 49.1 Å². The van der Waals surface area contributed by atoms with Crippen molar-refractivity contribution in [2.75, 3.05) is 20.3 Å². The minimum absolute atomic E-state index is 0.0122. The molecule has 6 nitrogen and oxygen atoms in total. The third-order valence-corrected chi connectivity index (χ3v) is 4.69. The first kappa shape index (κ1) is 16.8. The number of para-hydroxylation sites is 1. The summed E-state index contributed by atoms with van der Waals surface area (Å²) < 4.78 is 10.9. The van der Waals surface area contributed by atoms with Gasteiger partial charge < -0.3 is 19.7 Å². The molecule has 6 heteroatoms. The van der Waals surface area contributed by atoms with Gasteiger partial charge in [0.05, 0.1) is 19.8 Å². The third kappa shape index (κ3) is 3.70. The first-order valence-corrected chi connectivity index (χ1v) is 8.49. The van der Waals surface area contributed by atoms with Gasteiger partial charge in [0, 0.05) is 25.1 Å². The third-order valence-electron chi connectivity index (χ3n) is 4.69. The molecule has 3 rings (SSSR count). The second-order valence-corrected chi connectivity index (χ2v) is 6.27. The Morgan fingerprint density at radius 3 is 2.96 bits per heavy atom. The molecule has 24 heavy (non-hydrogen) atoms. The fraction of sp³-hybridized carbons (Fsp3) is 0.556. The molecule has 1 aromatic carbocycles. The van der Waals surface area contributed by atoms with Gasteiger partial charge in [0.25, 0.3) is 0 Å². The van der Waals surface area contributed by atoms with Crippen molar-refractivity contribution in [2.24, 2.45) is 0 Å². The summed E-state index contributed by atoms with van der Waals surface area (Å²) in [7, 11) is 1.61. The van der Waals surface area contributed by atoms with Crippen LogP contribution in [0.15, 0.2) is 24.3 Å². The Labute approximate surface area is 142 Å². The quantitative estimate of drug-likeness (QED) is 0.857.